The number of amides is 1. The summed E-state index contributed by atoms with van der Waals surface area (Å²) in [5.74, 6) is 0.785. The van der Waals surface area contributed by atoms with Gasteiger partial charge in [0.2, 0.25) is 0 Å². The predicted molar refractivity (Wildman–Crippen MR) is 113 cm³/mol. The van der Waals surface area contributed by atoms with E-state index < -0.39 is 0 Å². The molecule has 3 rings (SSSR count). The minimum Gasteiger partial charge on any atom is -0.354 e. The van der Waals surface area contributed by atoms with Crippen LogP contribution in [0.15, 0.2) is 59.6 Å². The number of anilines is 1. The summed E-state index contributed by atoms with van der Waals surface area (Å²) in [4.78, 5) is 18.6. The van der Waals surface area contributed by atoms with Gasteiger partial charge in [-0.05, 0) is 30.2 Å². The third kappa shape index (κ3) is 4.72. The highest BCUT2D eigenvalue weighted by Crippen LogP contribution is 2.27. The molecular formula is C19H23IN4O. The van der Waals surface area contributed by atoms with E-state index in [2.05, 4.69) is 38.7 Å². The van der Waals surface area contributed by atoms with E-state index in [0.29, 0.717) is 18.7 Å². The average Bonchev–Trinajstić information content (AvgIpc) is 3.06. The van der Waals surface area contributed by atoms with Crippen LogP contribution in [0.25, 0.3) is 0 Å². The lowest BCUT2D eigenvalue weighted by atomic mass is 10.2. The topological polar surface area (TPSA) is 56.7 Å². The van der Waals surface area contributed by atoms with E-state index >= 15 is 0 Å². The fraction of sp³-hybridized carbons (Fsp3) is 0.263. The summed E-state index contributed by atoms with van der Waals surface area (Å²) in [6, 6.07) is 17.6. The van der Waals surface area contributed by atoms with Gasteiger partial charge in [0.1, 0.15) is 0 Å². The van der Waals surface area contributed by atoms with Crippen molar-refractivity contribution in [3.63, 3.8) is 0 Å². The van der Waals surface area contributed by atoms with Gasteiger partial charge in [-0.1, -0.05) is 36.4 Å². The summed E-state index contributed by atoms with van der Waals surface area (Å²) in [7, 11) is 1.78. The van der Waals surface area contributed by atoms with E-state index in [0.717, 1.165) is 18.9 Å². The largest absolute Gasteiger partial charge is 0.354 e. The van der Waals surface area contributed by atoms with Crippen LogP contribution in [0.4, 0.5) is 5.69 Å². The summed E-state index contributed by atoms with van der Waals surface area (Å²) in [6.45, 7) is 2.10. The van der Waals surface area contributed by atoms with Crippen LogP contribution in [-0.2, 0) is 6.42 Å². The van der Waals surface area contributed by atoms with Gasteiger partial charge in [0.25, 0.3) is 5.91 Å². The van der Waals surface area contributed by atoms with Crippen molar-refractivity contribution in [2.24, 2.45) is 4.99 Å². The van der Waals surface area contributed by atoms with Crippen molar-refractivity contribution in [1.29, 1.82) is 0 Å². The van der Waals surface area contributed by atoms with Crippen LogP contribution < -0.4 is 15.5 Å². The summed E-state index contributed by atoms with van der Waals surface area (Å²) < 4.78 is 0. The number of halogens is 1. The number of benzene rings is 2. The van der Waals surface area contributed by atoms with Gasteiger partial charge in [-0.3, -0.25) is 9.79 Å². The van der Waals surface area contributed by atoms with E-state index in [4.69, 9.17) is 0 Å². The van der Waals surface area contributed by atoms with Crippen LogP contribution >= 0.6 is 24.0 Å². The highest BCUT2D eigenvalue weighted by molar-refractivity contribution is 14.0. The Morgan fingerprint density at radius 1 is 1.04 bits per heavy atom. The number of aliphatic imine (C=N–C) groups is 1. The Morgan fingerprint density at radius 2 is 1.72 bits per heavy atom. The zero-order valence-corrected chi connectivity index (χ0v) is 16.6. The molecule has 1 heterocycles. The summed E-state index contributed by atoms with van der Waals surface area (Å²) in [5.41, 5.74) is 3.23. The summed E-state index contributed by atoms with van der Waals surface area (Å²) in [6.07, 6.45) is 1.03. The lowest BCUT2D eigenvalue weighted by Crippen LogP contribution is -2.43. The van der Waals surface area contributed by atoms with Gasteiger partial charge in [0.05, 0.1) is 0 Å². The highest BCUT2D eigenvalue weighted by atomic mass is 127. The number of para-hydroxylation sites is 1. The lowest BCUT2D eigenvalue weighted by molar-refractivity contribution is 0.0954. The second kappa shape index (κ2) is 9.41. The normalized spacial score (nSPS) is 13.0. The number of nitrogens with zero attached hydrogens (tertiary/aromatic N) is 2. The Balaban J connectivity index is 0.00000225. The number of carbonyl (C=O) groups is 1. The molecular weight excluding hydrogens is 427 g/mol. The first kappa shape index (κ1) is 19.2. The summed E-state index contributed by atoms with van der Waals surface area (Å²) in [5, 5.41) is 6.23. The third-order valence-corrected chi connectivity index (χ3v) is 4.08. The van der Waals surface area contributed by atoms with Crippen LogP contribution in [0, 0.1) is 0 Å². The minimum atomic E-state index is -0.0566. The van der Waals surface area contributed by atoms with E-state index in [1.54, 1.807) is 7.05 Å². The standard InChI is InChI=1S/C19H22N4O.HI/c1-20-19(23-14-11-15-7-5-6-10-17(15)23)22-13-12-21-18(24)16-8-3-2-4-9-16;/h2-10H,11-14H2,1H3,(H,20,22)(H,21,24);1H. The monoisotopic (exact) mass is 450 g/mol. The third-order valence-electron chi connectivity index (χ3n) is 4.08. The molecule has 2 N–H and O–H groups in total. The van der Waals surface area contributed by atoms with Crippen LogP contribution in [-0.4, -0.2) is 38.5 Å². The Kier molecular flexibility index (Phi) is 7.24. The van der Waals surface area contributed by atoms with Crippen molar-refractivity contribution in [2.75, 3.05) is 31.6 Å². The minimum absolute atomic E-state index is 0. The molecule has 0 bridgehead atoms. The van der Waals surface area contributed by atoms with E-state index in [9.17, 15) is 4.79 Å². The Hall–Kier alpha value is -2.09. The number of hydrogen-bond donors (Lipinski definition) is 2. The number of nitrogens with one attached hydrogen (secondary N) is 2. The molecule has 0 unspecified atom stereocenters. The smallest absolute Gasteiger partial charge is 0.251 e. The first-order valence-corrected chi connectivity index (χ1v) is 8.19. The maximum atomic E-state index is 12.0. The molecule has 0 spiro atoms. The zero-order chi connectivity index (χ0) is 16.8. The number of guanidine groups is 1. The predicted octanol–water partition coefficient (Wildman–Crippen LogP) is 2.67. The molecule has 132 valence electrons. The first-order chi connectivity index (χ1) is 11.8. The van der Waals surface area contributed by atoms with Crippen LogP contribution in [0.1, 0.15) is 15.9 Å². The molecule has 0 aromatic heterocycles. The molecule has 0 radical (unpaired) electrons. The molecule has 2 aromatic carbocycles. The molecule has 0 fully saturated rings. The molecule has 25 heavy (non-hydrogen) atoms. The molecule has 1 amide bonds. The Bertz CT molecular complexity index is 733. The molecule has 5 nitrogen and oxygen atoms in total. The second-order valence-corrected chi connectivity index (χ2v) is 5.63. The van der Waals surface area contributed by atoms with Crippen LogP contribution in [0.2, 0.25) is 0 Å². The maximum absolute atomic E-state index is 12.0. The van der Waals surface area contributed by atoms with Gasteiger partial charge < -0.3 is 15.5 Å². The molecule has 2 aromatic rings. The number of rotatable bonds is 4. The van der Waals surface area contributed by atoms with Crippen molar-refractivity contribution in [3.05, 3.63) is 65.7 Å². The Labute approximate surface area is 165 Å². The summed E-state index contributed by atoms with van der Waals surface area (Å²) >= 11 is 0. The lowest BCUT2D eigenvalue weighted by Gasteiger charge is -2.22. The fourth-order valence-electron chi connectivity index (χ4n) is 2.90. The highest BCUT2D eigenvalue weighted by Gasteiger charge is 2.22. The number of carbonyl (C=O) groups excluding carboxylic acids is 1. The van der Waals surface area contributed by atoms with Crippen molar-refractivity contribution in [1.82, 2.24) is 10.6 Å². The Morgan fingerprint density at radius 3 is 2.48 bits per heavy atom. The van der Waals surface area contributed by atoms with Gasteiger partial charge in [0, 0.05) is 37.9 Å². The van der Waals surface area contributed by atoms with Crippen LogP contribution in [0.3, 0.4) is 0 Å². The van der Waals surface area contributed by atoms with Crippen molar-refractivity contribution in [3.8, 4) is 0 Å². The second-order valence-electron chi connectivity index (χ2n) is 5.63. The zero-order valence-electron chi connectivity index (χ0n) is 14.2. The first-order valence-electron chi connectivity index (χ1n) is 8.19. The molecule has 6 heteroatoms. The van der Waals surface area contributed by atoms with E-state index in [-0.39, 0.29) is 29.9 Å². The van der Waals surface area contributed by atoms with Crippen molar-refractivity contribution < 1.29 is 4.79 Å². The van der Waals surface area contributed by atoms with E-state index in [1.165, 1.54) is 11.3 Å². The van der Waals surface area contributed by atoms with E-state index in [1.807, 2.05) is 36.4 Å². The molecule has 0 atom stereocenters. The molecule has 1 aliphatic heterocycles. The molecule has 1 aliphatic rings. The van der Waals surface area contributed by atoms with Gasteiger partial charge in [0.15, 0.2) is 5.96 Å². The van der Waals surface area contributed by atoms with Crippen molar-refractivity contribution >= 4 is 41.5 Å². The molecule has 0 saturated carbocycles. The maximum Gasteiger partial charge on any atom is 0.251 e. The SMILES string of the molecule is CN=C(NCCNC(=O)c1ccccc1)N1CCc2ccccc21.I. The van der Waals surface area contributed by atoms with Gasteiger partial charge in [-0.15, -0.1) is 24.0 Å². The number of hydrogen-bond acceptors (Lipinski definition) is 2. The fourth-order valence-corrected chi connectivity index (χ4v) is 2.90. The molecule has 0 aliphatic carbocycles. The number of fused-ring (bicyclic) bond motifs is 1. The van der Waals surface area contributed by atoms with Crippen LogP contribution in [0.5, 0.6) is 0 Å². The average molecular weight is 450 g/mol. The van der Waals surface area contributed by atoms with Crippen molar-refractivity contribution in [2.45, 2.75) is 6.42 Å². The van der Waals surface area contributed by atoms with Gasteiger partial charge >= 0.3 is 0 Å². The quantitative estimate of drug-likeness (QED) is 0.326. The molecule has 0 saturated heterocycles. The van der Waals surface area contributed by atoms with Gasteiger partial charge in [-0.2, -0.15) is 0 Å². The van der Waals surface area contributed by atoms with Gasteiger partial charge in [-0.25, -0.2) is 0 Å².